The molecule has 0 spiro atoms. The van der Waals surface area contributed by atoms with Crippen LogP contribution in [0.3, 0.4) is 0 Å². The molecule has 0 saturated heterocycles. The van der Waals surface area contributed by atoms with Gasteiger partial charge in [-0.2, -0.15) is 0 Å². The molecular formula is C42H48O12. The van der Waals surface area contributed by atoms with Crippen molar-refractivity contribution in [1.82, 2.24) is 0 Å². The van der Waals surface area contributed by atoms with Crippen LogP contribution in [-0.2, 0) is 42.9 Å². The lowest BCUT2D eigenvalue weighted by molar-refractivity contribution is -0.214. The van der Waals surface area contributed by atoms with E-state index in [4.69, 9.17) is 23.7 Å². The zero-order valence-electron chi connectivity index (χ0n) is 31.6. The molecule has 12 nitrogen and oxygen atoms in total. The third-order valence-electron chi connectivity index (χ3n) is 11.2. The second kappa shape index (κ2) is 15.3. The predicted octanol–water partition coefficient (Wildman–Crippen LogP) is 5.07. The van der Waals surface area contributed by atoms with E-state index in [0.29, 0.717) is 5.57 Å². The number of rotatable bonds is 9. The fraction of sp³-hybridized carbons (Fsp3) is 0.452. The van der Waals surface area contributed by atoms with Gasteiger partial charge in [-0.3, -0.25) is 14.4 Å². The first-order valence-electron chi connectivity index (χ1n) is 17.8. The molecule has 3 aliphatic carbocycles. The molecule has 2 N–H and O–H groups in total. The van der Waals surface area contributed by atoms with Crippen molar-refractivity contribution in [1.29, 1.82) is 0 Å². The Bertz CT molecular complexity index is 1860. The number of aliphatic hydroxyl groups excluding tert-OH is 1. The summed E-state index contributed by atoms with van der Waals surface area (Å²) in [5.74, 6) is -5.02. The molecule has 0 aliphatic heterocycles. The smallest absolute Gasteiger partial charge is 0.338 e. The van der Waals surface area contributed by atoms with Gasteiger partial charge in [0.25, 0.3) is 0 Å². The van der Waals surface area contributed by atoms with Gasteiger partial charge in [0.15, 0.2) is 12.2 Å². The van der Waals surface area contributed by atoms with Crippen LogP contribution in [0.4, 0.5) is 0 Å². The molecule has 12 heteroatoms. The van der Waals surface area contributed by atoms with Gasteiger partial charge in [-0.05, 0) is 61.3 Å². The van der Waals surface area contributed by atoms with Gasteiger partial charge in [-0.25, -0.2) is 9.59 Å². The average molecular weight is 745 g/mol. The maximum absolute atomic E-state index is 14.1. The Kier molecular flexibility index (Phi) is 11.4. The molecule has 2 aromatic carbocycles. The van der Waals surface area contributed by atoms with Crippen LogP contribution in [0.5, 0.6) is 0 Å². The summed E-state index contributed by atoms with van der Waals surface area (Å²) in [6.45, 7) is 14.0. The lowest BCUT2D eigenvalue weighted by Crippen LogP contribution is -2.64. The largest absolute Gasteiger partial charge is 0.462 e. The number of benzene rings is 2. The number of hydrogen-bond donors (Lipinski definition) is 2. The second-order valence-corrected chi connectivity index (χ2v) is 15.0. The Balaban J connectivity index is 1.83. The van der Waals surface area contributed by atoms with E-state index in [1.807, 2.05) is 30.3 Å². The Morgan fingerprint density at radius 2 is 1.39 bits per heavy atom. The lowest BCUT2D eigenvalue weighted by Gasteiger charge is -2.55. The van der Waals surface area contributed by atoms with E-state index >= 15 is 0 Å². The van der Waals surface area contributed by atoms with Crippen LogP contribution in [0.15, 0.2) is 90.0 Å². The highest BCUT2D eigenvalue weighted by atomic mass is 16.6. The molecule has 0 unspecified atom stereocenters. The molecule has 288 valence electrons. The molecule has 3 aliphatic rings. The topological polar surface area (TPSA) is 172 Å². The third-order valence-corrected chi connectivity index (χ3v) is 11.2. The van der Waals surface area contributed by atoms with E-state index in [9.17, 15) is 34.2 Å². The van der Waals surface area contributed by atoms with Crippen molar-refractivity contribution >= 4 is 35.9 Å². The van der Waals surface area contributed by atoms with Crippen molar-refractivity contribution in [3.8, 4) is 0 Å². The SMILES string of the molecule is C=C1[C@@H](O)C[C@H](OC(C)=O)[C@@]2(C)[C@@H](OC(C)=O)[C@H](OC(=O)c3ccccc3)C3=C(C)[C@@H](OC(=O)C=Cc4ccccc4)C[C@@]3(C(C)(C)O)[C@@H](OC(C)=O)[C@H]12. The second-order valence-electron chi connectivity index (χ2n) is 15.0. The number of esters is 5. The molecule has 54 heavy (non-hydrogen) atoms. The predicted molar refractivity (Wildman–Crippen MR) is 195 cm³/mol. The van der Waals surface area contributed by atoms with Crippen molar-refractivity contribution in [3.63, 3.8) is 0 Å². The normalized spacial score (nSPS) is 30.8. The van der Waals surface area contributed by atoms with E-state index < -0.39 is 88.8 Å². The highest BCUT2D eigenvalue weighted by molar-refractivity contribution is 5.90. The van der Waals surface area contributed by atoms with Gasteiger partial charge in [-0.1, -0.05) is 62.0 Å². The van der Waals surface area contributed by atoms with Gasteiger partial charge in [0, 0.05) is 45.6 Å². The number of hydrogen-bond acceptors (Lipinski definition) is 12. The van der Waals surface area contributed by atoms with Gasteiger partial charge in [-0.15, -0.1) is 0 Å². The van der Waals surface area contributed by atoms with Crippen LogP contribution in [-0.4, -0.2) is 82.3 Å². The summed E-state index contributed by atoms with van der Waals surface area (Å²) in [5, 5.41) is 24.0. The highest BCUT2D eigenvalue weighted by Gasteiger charge is 2.74. The quantitative estimate of drug-likeness (QED) is 0.152. The van der Waals surface area contributed by atoms with Crippen molar-refractivity contribution in [2.45, 2.75) is 104 Å². The van der Waals surface area contributed by atoms with E-state index in [1.54, 1.807) is 38.1 Å². The van der Waals surface area contributed by atoms with Crippen LogP contribution in [0.25, 0.3) is 6.08 Å². The number of aliphatic hydroxyl groups is 2. The Labute approximate surface area is 314 Å². The summed E-state index contributed by atoms with van der Waals surface area (Å²) in [5.41, 5.74) is -3.68. The Hall–Kier alpha value is -5.07. The third kappa shape index (κ3) is 7.37. The van der Waals surface area contributed by atoms with Gasteiger partial charge < -0.3 is 33.9 Å². The monoisotopic (exact) mass is 744 g/mol. The van der Waals surface area contributed by atoms with Crippen LogP contribution in [0, 0.1) is 16.7 Å². The maximum atomic E-state index is 14.1. The summed E-state index contributed by atoms with van der Waals surface area (Å²) >= 11 is 0. The van der Waals surface area contributed by atoms with Crippen LogP contribution < -0.4 is 0 Å². The maximum Gasteiger partial charge on any atom is 0.338 e. The summed E-state index contributed by atoms with van der Waals surface area (Å²) in [6.07, 6.45) is -5.62. The zero-order valence-corrected chi connectivity index (χ0v) is 31.6. The van der Waals surface area contributed by atoms with Gasteiger partial charge >= 0.3 is 29.8 Å². The molecule has 0 amide bonds. The average Bonchev–Trinajstić information content (AvgIpc) is 3.36. The molecule has 2 saturated carbocycles. The Morgan fingerprint density at radius 3 is 1.94 bits per heavy atom. The molecule has 2 fully saturated rings. The standard InChI is InChI=1S/C42H48O12/c1-23-30(46)21-32(50-25(3)43)41(8)35(23)37(51-26(4)44)42(40(6,7)49)22-31(53-33(47)20-19-28-15-11-9-12-16-28)24(2)34(42)36(38(41)52-27(5)45)54-39(48)29-17-13-10-14-18-29/h9-20,30-32,35-38,46,49H,1,21-22H2,2-8H3/t30-,31-,32-,35-,36+,37-,38-,41+,42-/m0/s1. The van der Waals surface area contributed by atoms with E-state index in [-0.39, 0.29) is 29.6 Å². The molecular weight excluding hydrogens is 696 g/mol. The van der Waals surface area contributed by atoms with Crippen LogP contribution >= 0.6 is 0 Å². The van der Waals surface area contributed by atoms with Gasteiger partial charge in [0.1, 0.15) is 18.3 Å². The first kappa shape index (κ1) is 40.1. The fourth-order valence-electron chi connectivity index (χ4n) is 8.82. The molecule has 0 aromatic heterocycles. The van der Waals surface area contributed by atoms with E-state index in [2.05, 4.69) is 6.58 Å². The zero-order chi connectivity index (χ0) is 39.7. The molecule has 0 heterocycles. The van der Waals surface area contributed by atoms with Crippen LogP contribution in [0.2, 0.25) is 0 Å². The summed E-state index contributed by atoms with van der Waals surface area (Å²) in [6, 6.07) is 17.2. The summed E-state index contributed by atoms with van der Waals surface area (Å²) < 4.78 is 30.7. The van der Waals surface area contributed by atoms with Crippen molar-refractivity contribution in [2.75, 3.05) is 0 Å². The minimum Gasteiger partial charge on any atom is -0.462 e. The van der Waals surface area contributed by atoms with Crippen molar-refractivity contribution < 1.29 is 57.9 Å². The van der Waals surface area contributed by atoms with Gasteiger partial charge in [0.05, 0.1) is 28.1 Å². The number of carbonyl (C=O) groups excluding carboxylic acids is 5. The molecule has 0 radical (unpaired) electrons. The first-order valence-corrected chi connectivity index (χ1v) is 17.8. The summed E-state index contributed by atoms with van der Waals surface area (Å²) in [7, 11) is 0. The number of carbonyl (C=O) groups is 5. The highest BCUT2D eigenvalue weighted by Crippen LogP contribution is 2.66. The first-order chi connectivity index (χ1) is 25.3. The lowest BCUT2D eigenvalue weighted by atomic mass is 9.54. The molecule has 9 atom stereocenters. The van der Waals surface area contributed by atoms with Crippen molar-refractivity contribution in [2.24, 2.45) is 16.7 Å². The number of fused-ring (bicyclic) bond motifs is 2. The molecule has 2 aromatic rings. The molecule has 5 rings (SSSR count). The minimum atomic E-state index is -1.87. The van der Waals surface area contributed by atoms with Gasteiger partial charge in [0.2, 0.25) is 0 Å². The van der Waals surface area contributed by atoms with E-state index in [1.165, 1.54) is 52.8 Å². The minimum absolute atomic E-state index is 0.145. The van der Waals surface area contributed by atoms with Crippen molar-refractivity contribution in [3.05, 3.63) is 101 Å². The Morgan fingerprint density at radius 1 is 0.833 bits per heavy atom. The van der Waals surface area contributed by atoms with E-state index in [0.717, 1.165) is 5.56 Å². The fourth-order valence-corrected chi connectivity index (χ4v) is 8.82. The molecule has 0 bridgehead atoms. The summed E-state index contributed by atoms with van der Waals surface area (Å²) in [4.78, 5) is 66.6. The van der Waals surface area contributed by atoms with Crippen LogP contribution in [0.1, 0.15) is 77.2 Å². The number of ether oxygens (including phenoxy) is 5.